The van der Waals surface area contributed by atoms with Gasteiger partial charge in [-0.1, -0.05) is 158 Å². The molecule has 0 spiro atoms. The lowest BCUT2D eigenvalue weighted by Gasteiger charge is -2.23. The number of benzene rings is 12. The van der Waals surface area contributed by atoms with Crippen LogP contribution < -0.4 is 0 Å². The van der Waals surface area contributed by atoms with Gasteiger partial charge in [0.15, 0.2) is 0 Å². The Morgan fingerprint density at radius 1 is 0.255 bits per heavy atom. The van der Waals surface area contributed by atoms with Crippen molar-refractivity contribution >= 4 is 87.2 Å². The molecule has 0 saturated carbocycles. The molecule has 0 aliphatic rings. The molecule has 0 aliphatic carbocycles. The topological polar surface area (TPSA) is 43.5 Å². The van der Waals surface area contributed by atoms with E-state index in [4.69, 9.17) is 0 Å². The lowest BCUT2D eigenvalue weighted by Crippen LogP contribution is -2.14. The van der Waals surface area contributed by atoms with Crippen LogP contribution in [0.2, 0.25) is 0 Å². The van der Waals surface area contributed by atoms with Crippen LogP contribution in [0.1, 0.15) is 44.5 Å². The molecule has 14 heteroatoms. The molecule has 0 radical (unpaired) electrons. The highest BCUT2D eigenvalue weighted by Crippen LogP contribution is 2.49. The molecule has 4 heterocycles. The second-order valence-electron chi connectivity index (χ2n) is 24.0. The number of aromatic nitrogens is 4. The summed E-state index contributed by atoms with van der Waals surface area (Å²) in [6.45, 7) is 7.72. The number of para-hydroxylation sites is 4. The minimum absolute atomic E-state index is 0.00322. The zero-order chi connectivity index (χ0) is 65.3. The standard InChI is InChI=1S/C40H26F6N2.C40H26F3N3/c1-23-15-17-28-26-10-4-7-13-33(26)47(35(28)19-23)37-22-32(40(44,45)46)38(21-30(37)25-9-3-6-12-31(25)39(41,42)43)48-34-14-8-5-11-27(34)29-18-16-24(2)20-36(29)48;1-24-15-17-30-28-10-4-7-13-34(28)45(37(30)19-24)36-22-32(27-9-3-6-12-33(27)40(41,42)43)39(21-26(36)23-44)46-35-14-8-5-11-29(35)31-18-16-25(2)20-38(31)46/h3-22H,1-2H3;3-22H,1-2H3. The molecule has 0 bridgehead atoms. The Morgan fingerprint density at radius 2 is 0.532 bits per heavy atom. The number of fused-ring (bicyclic) bond motifs is 12. The zero-order valence-electron chi connectivity index (χ0n) is 50.7. The molecule has 0 N–H and O–H groups in total. The van der Waals surface area contributed by atoms with Gasteiger partial charge in [-0.15, -0.1) is 0 Å². The van der Waals surface area contributed by atoms with Gasteiger partial charge < -0.3 is 18.3 Å². The Bertz CT molecular complexity index is 5840. The molecule has 0 aliphatic heterocycles. The van der Waals surface area contributed by atoms with Crippen molar-refractivity contribution in [1.29, 1.82) is 5.26 Å². The fourth-order valence-electron chi connectivity index (χ4n) is 13.9. The Hall–Kier alpha value is -11.3. The molecule has 0 fully saturated rings. The molecule has 0 unspecified atom stereocenters. The van der Waals surface area contributed by atoms with Gasteiger partial charge in [-0.05, 0) is 146 Å². The first-order chi connectivity index (χ1) is 45.2. The number of alkyl halides is 9. The van der Waals surface area contributed by atoms with E-state index < -0.39 is 35.2 Å². The molecule has 12 aromatic carbocycles. The number of aryl methyl sites for hydroxylation is 4. The van der Waals surface area contributed by atoms with E-state index in [-0.39, 0.29) is 28.1 Å². The van der Waals surface area contributed by atoms with Crippen LogP contribution >= 0.6 is 0 Å². The lowest BCUT2D eigenvalue weighted by molar-refractivity contribution is -0.138. The fraction of sp³-hybridized carbons (Fsp3) is 0.0875. The second-order valence-corrected chi connectivity index (χ2v) is 24.0. The molecule has 460 valence electrons. The molecule has 4 aromatic heterocycles. The average molecular weight is 1250 g/mol. The van der Waals surface area contributed by atoms with Gasteiger partial charge in [-0.2, -0.15) is 44.8 Å². The fourth-order valence-corrected chi connectivity index (χ4v) is 13.9. The number of nitriles is 1. The first-order valence-electron chi connectivity index (χ1n) is 30.3. The molecule has 5 nitrogen and oxygen atoms in total. The highest BCUT2D eigenvalue weighted by atomic mass is 19.4. The third kappa shape index (κ3) is 9.63. The Balaban J connectivity index is 0.000000155. The normalized spacial score (nSPS) is 12.3. The zero-order valence-corrected chi connectivity index (χ0v) is 50.7. The van der Waals surface area contributed by atoms with E-state index >= 15 is 13.2 Å². The predicted octanol–water partition coefficient (Wildman–Crippen LogP) is 23.3. The monoisotopic (exact) mass is 1250 g/mol. The summed E-state index contributed by atoms with van der Waals surface area (Å²) in [5.41, 5.74) is 8.13. The van der Waals surface area contributed by atoms with E-state index in [0.29, 0.717) is 44.6 Å². The number of rotatable bonds is 6. The van der Waals surface area contributed by atoms with Gasteiger partial charge in [0.2, 0.25) is 0 Å². The molecule has 0 atom stereocenters. The van der Waals surface area contributed by atoms with Crippen molar-refractivity contribution < 1.29 is 39.5 Å². The number of hydrogen-bond acceptors (Lipinski definition) is 1. The van der Waals surface area contributed by atoms with Crippen LogP contribution in [0.4, 0.5) is 39.5 Å². The van der Waals surface area contributed by atoms with Gasteiger partial charge in [-0.3, -0.25) is 0 Å². The molecule has 16 rings (SSSR count). The summed E-state index contributed by atoms with van der Waals surface area (Å²) in [6.07, 6.45) is -14.2. The van der Waals surface area contributed by atoms with Crippen LogP contribution in [0.25, 0.3) is 132 Å². The van der Waals surface area contributed by atoms with Crippen LogP contribution in [0, 0.1) is 39.0 Å². The van der Waals surface area contributed by atoms with Crippen LogP contribution in [0.3, 0.4) is 0 Å². The maximum atomic E-state index is 15.4. The van der Waals surface area contributed by atoms with Crippen LogP contribution in [0.15, 0.2) is 243 Å². The Labute approximate surface area is 532 Å². The average Bonchev–Trinajstić information content (AvgIpc) is 1.48. The largest absolute Gasteiger partial charge is 0.418 e. The molecular formula is C80H52F9N5. The van der Waals surface area contributed by atoms with Crippen molar-refractivity contribution in [2.24, 2.45) is 0 Å². The number of halogens is 9. The highest BCUT2D eigenvalue weighted by Gasteiger charge is 2.40. The van der Waals surface area contributed by atoms with Gasteiger partial charge in [0.05, 0.1) is 89.1 Å². The van der Waals surface area contributed by atoms with E-state index in [1.807, 2.05) is 170 Å². The third-order valence-electron chi connectivity index (χ3n) is 18.0. The maximum absolute atomic E-state index is 15.4. The molecule has 94 heavy (non-hydrogen) atoms. The summed E-state index contributed by atoms with van der Waals surface area (Å²) in [5, 5.41) is 17.7. The van der Waals surface area contributed by atoms with E-state index in [1.165, 1.54) is 41.0 Å². The van der Waals surface area contributed by atoms with Crippen molar-refractivity contribution in [1.82, 2.24) is 18.3 Å². The maximum Gasteiger partial charge on any atom is 0.418 e. The summed E-state index contributed by atoms with van der Waals surface area (Å²) in [7, 11) is 0. The smallest absolute Gasteiger partial charge is 0.309 e. The summed E-state index contributed by atoms with van der Waals surface area (Å²) >= 11 is 0. The Morgan fingerprint density at radius 3 is 0.872 bits per heavy atom. The molecule has 0 amide bonds. The SMILES string of the molecule is Cc1ccc2c3ccccc3n(-c3cc(-c4ccccc4C(F)(F)F)c(-n4c5ccccc5c5ccc(C)cc54)cc3C#N)c2c1.Cc1ccc2c3ccccc3n(-c3cc(C(F)(F)F)c(-n4c5ccccc5c5ccc(C)cc54)cc3-c3ccccc3C(F)(F)F)c2c1. The van der Waals surface area contributed by atoms with Crippen molar-refractivity contribution in [3.05, 3.63) is 287 Å². The van der Waals surface area contributed by atoms with E-state index in [0.717, 1.165) is 106 Å². The van der Waals surface area contributed by atoms with Crippen LogP contribution in [-0.2, 0) is 18.5 Å². The number of hydrogen-bond donors (Lipinski definition) is 0. The summed E-state index contributed by atoms with van der Waals surface area (Å²) in [6, 6.07) is 72.7. The van der Waals surface area contributed by atoms with Crippen molar-refractivity contribution in [3.63, 3.8) is 0 Å². The highest BCUT2D eigenvalue weighted by molar-refractivity contribution is 6.14. The second kappa shape index (κ2) is 21.9. The van der Waals surface area contributed by atoms with Gasteiger partial charge >= 0.3 is 18.5 Å². The number of nitrogens with zero attached hydrogens (tertiary/aromatic N) is 5. The van der Waals surface area contributed by atoms with Crippen LogP contribution in [0.5, 0.6) is 0 Å². The molecule has 16 aromatic rings. The van der Waals surface area contributed by atoms with Gasteiger partial charge in [-0.25, -0.2) is 0 Å². The van der Waals surface area contributed by atoms with E-state index in [1.54, 1.807) is 47.0 Å². The quantitative estimate of drug-likeness (QED) is 0.153. The summed E-state index contributed by atoms with van der Waals surface area (Å²) in [5.74, 6) is 0. The van der Waals surface area contributed by atoms with Gasteiger partial charge in [0.1, 0.15) is 6.07 Å². The van der Waals surface area contributed by atoms with Crippen molar-refractivity contribution in [2.75, 3.05) is 0 Å². The minimum atomic E-state index is -4.86. The van der Waals surface area contributed by atoms with Gasteiger partial charge in [0, 0.05) is 54.2 Å². The first kappa shape index (κ1) is 59.0. The molecule has 0 saturated heterocycles. The minimum Gasteiger partial charge on any atom is -0.309 e. The lowest BCUT2D eigenvalue weighted by atomic mass is 9.94. The third-order valence-corrected chi connectivity index (χ3v) is 18.0. The molecular weight excluding hydrogens is 1200 g/mol. The van der Waals surface area contributed by atoms with Crippen molar-refractivity contribution in [3.8, 4) is 51.1 Å². The first-order valence-corrected chi connectivity index (χ1v) is 30.3. The van der Waals surface area contributed by atoms with E-state index in [2.05, 4.69) is 18.2 Å². The summed E-state index contributed by atoms with van der Waals surface area (Å²) < 4.78 is 142. The van der Waals surface area contributed by atoms with Crippen molar-refractivity contribution in [2.45, 2.75) is 46.2 Å². The van der Waals surface area contributed by atoms with E-state index in [9.17, 15) is 31.6 Å². The van der Waals surface area contributed by atoms with Crippen LogP contribution in [-0.4, -0.2) is 18.3 Å². The Kier molecular flexibility index (Phi) is 13.8. The van der Waals surface area contributed by atoms with Gasteiger partial charge in [0.25, 0.3) is 0 Å². The predicted molar refractivity (Wildman–Crippen MR) is 360 cm³/mol. The summed E-state index contributed by atoms with van der Waals surface area (Å²) in [4.78, 5) is 0.